The van der Waals surface area contributed by atoms with Crippen molar-refractivity contribution in [2.75, 3.05) is 37.9 Å². The lowest BCUT2D eigenvalue weighted by molar-refractivity contribution is -0.132. The molecule has 1 aliphatic heterocycles. The Hall–Kier alpha value is -1.01. The summed E-state index contributed by atoms with van der Waals surface area (Å²) in [5.74, 6) is 0.983. The maximum absolute atomic E-state index is 11.5. The Bertz CT molecular complexity index is 307. The average molecular weight is 258 g/mol. The van der Waals surface area contributed by atoms with E-state index < -0.39 is 0 Å². The molecule has 0 spiro atoms. The van der Waals surface area contributed by atoms with Crippen molar-refractivity contribution in [3.05, 3.63) is 12.2 Å². The average Bonchev–Trinajstić information content (AvgIpc) is 2.63. The Labute approximate surface area is 106 Å². The third-order valence-corrected chi connectivity index (χ3v) is 3.02. The van der Waals surface area contributed by atoms with Crippen LogP contribution >= 0.6 is 11.8 Å². The summed E-state index contributed by atoms with van der Waals surface area (Å²) in [4.78, 5) is 24.3. The van der Waals surface area contributed by atoms with Gasteiger partial charge in [-0.1, -0.05) is 12.2 Å². The molecule has 0 bridgehead atoms. The summed E-state index contributed by atoms with van der Waals surface area (Å²) >= 11 is 1.53. The van der Waals surface area contributed by atoms with Crippen molar-refractivity contribution in [3.8, 4) is 0 Å². The van der Waals surface area contributed by atoms with E-state index in [1.54, 1.807) is 4.90 Å². The van der Waals surface area contributed by atoms with Gasteiger partial charge >= 0.3 is 0 Å². The number of nitrogens with zero attached hydrogens (tertiary/aromatic N) is 1. The smallest absolute Gasteiger partial charge is 0.239 e. The van der Waals surface area contributed by atoms with Crippen LogP contribution in [0.25, 0.3) is 0 Å². The zero-order chi connectivity index (χ0) is 12.7. The van der Waals surface area contributed by atoms with E-state index in [2.05, 4.69) is 11.9 Å². The SMILES string of the molecule is C=C(C)COCCNC(=O)CN1CSCC1=O. The molecule has 1 fully saturated rings. The first kappa shape index (κ1) is 14.1. The highest BCUT2D eigenvalue weighted by Crippen LogP contribution is 2.13. The van der Waals surface area contributed by atoms with Crippen LogP contribution in [0.15, 0.2) is 12.2 Å². The largest absolute Gasteiger partial charge is 0.375 e. The van der Waals surface area contributed by atoms with E-state index in [9.17, 15) is 9.59 Å². The molecular weight excluding hydrogens is 240 g/mol. The van der Waals surface area contributed by atoms with Gasteiger partial charge in [0.15, 0.2) is 0 Å². The van der Waals surface area contributed by atoms with Gasteiger partial charge in [-0.05, 0) is 6.92 Å². The summed E-state index contributed by atoms with van der Waals surface area (Å²) in [6.45, 7) is 7.17. The van der Waals surface area contributed by atoms with Crippen LogP contribution < -0.4 is 5.32 Å². The lowest BCUT2D eigenvalue weighted by Crippen LogP contribution is -2.39. The molecule has 17 heavy (non-hydrogen) atoms. The molecule has 2 amide bonds. The third-order valence-electron chi connectivity index (χ3n) is 2.08. The molecule has 0 aliphatic carbocycles. The number of hydrogen-bond acceptors (Lipinski definition) is 4. The molecule has 0 aromatic carbocycles. The number of ether oxygens (including phenoxy) is 1. The van der Waals surface area contributed by atoms with Gasteiger partial charge in [0.05, 0.1) is 24.8 Å². The lowest BCUT2D eigenvalue weighted by atomic mass is 10.4. The molecule has 1 N–H and O–H groups in total. The number of hydrogen-bond donors (Lipinski definition) is 1. The predicted octanol–water partition coefficient (Wildman–Crippen LogP) is 0.228. The number of rotatable bonds is 7. The predicted molar refractivity (Wildman–Crippen MR) is 67.7 cm³/mol. The highest BCUT2D eigenvalue weighted by Gasteiger charge is 2.22. The van der Waals surface area contributed by atoms with E-state index in [1.165, 1.54) is 11.8 Å². The van der Waals surface area contributed by atoms with Crippen molar-refractivity contribution in [2.45, 2.75) is 6.92 Å². The molecule has 0 radical (unpaired) electrons. The van der Waals surface area contributed by atoms with E-state index in [0.717, 1.165) is 5.57 Å². The Morgan fingerprint density at radius 2 is 2.41 bits per heavy atom. The van der Waals surface area contributed by atoms with Crippen LogP contribution in [-0.2, 0) is 14.3 Å². The van der Waals surface area contributed by atoms with Crippen LogP contribution in [-0.4, -0.2) is 54.6 Å². The summed E-state index contributed by atoms with van der Waals surface area (Å²) in [7, 11) is 0. The van der Waals surface area contributed by atoms with Gasteiger partial charge in [0.1, 0.15) is 6.54 Å². The first-order valence-electron chi connectivity index (χ1n) is 5.44. The minimum Gasteiger partial charge on any atom is -0.375 e. The second-order valence-corrected chi connectivity index (χ2v) is 4.88. The Morgan fingerprint density at radius 1 is 1.65 bits per heavy atom. The van der Waals surface area contributed by atoms with E-state index in [1.807, 2.05) is 6.92 Å². The Kier molecular flexibility index (Phi) is 6.07. The van der Waals surface area contributed by atoms with Gasteiger partial charge in [0.25, 0.3) is 0 Å². The van der Waals surface area contributed by atoms with Crippen molar-refractivity contribution < 1.29 is 14.3 Å². The number of carbonyl (C=O) groups is 2. The topological polar surface area (TPSA) is 58.6 Å². The zero-order valence-corrected chi connectivity index (χ0v) is 10.8. The van der Waals surface area contributed by atoms with E-state index >= 15 is 0 Å². The highest BCUT2D eigenvalue weighted by molar-refractivity contribution is 8.00. The minimum absolute atomic E-state index is 0.0312. The van der Waals surface area contributed by atoms with Crippen LogP contribution in [0, 0.1) is 0 Å². The summed E-state index contributed by atoms with van der Waals surface area (Å²) in [6, 6.07) is 0. The van der Waals surface area contributed by atoms with Crippen molar-refractivity contribution in [1.29, 1.82) is 0 Å². The monoisotopic (exact) mass is 258 g/mol. The van der Waals surface area contributed by atoms with Gasteiger partial charge < -0.3 is 15.0 Å². The maximum Gasteiger partial charge on any atom is 0.239 e. The first-order valence-corrected chi connectivity index (χ1v) is 6.59. The van der Waals surface area contributed by atoms with Crippen LogP contribution in [0.3, 0.4) is 0 Å². The van der Waals surface area contributed by atoms with Crippen molar-refractivity contribution in [3.63, 3.8) is 0 Å². The number of amides is 2. The Balaban J connectivity index is 2.05. The molecule has 0 saturated carbocycles. The van der Waals surface area contributed by atoms with Crippen molar-refractivity contribution in [1.82, 2.24) is 10.2 Å². The summed E-state index contributed by atoms with van der Waals surface area (Å²) in [5, 5.41) is 2.71. The van der Waals surface area contributed by atoms with Crippen LogP contribution in [0.2, 0.25) is 0 Å². The standard InChI is InChI=1S/C11H18N2O3S/c1-9(2)6-16-4-3-12-10(14)5-13-8-17-7-11(13)15/h1,3-8H2,2H3,(H,12,14). The molecule has 0 aromatic heterocycles. The normalized spacial score (nSPS) is 15.1. The van der Waals surface area contributed by atoms with Gasteiger partial charge in [0, 0.05) is 6.54 Å². The molecule has 1 aliphatic rings. The summed E-state index contributed by atoms with van der Waals surface area (Å²) < 4.78 is 5.24. The molecule has 1 rings (SSSR count). The molecular formula is C11H18N2O3S. The molecule has 1 heterocycles. The van der Waals surface area contributed by atoms with E-state index in [0.29, 0.717) is 31.4 Å². The summed E-state index contributed by atoms with van der Waals surface area (Å²) in [5.41, 5.74) is 0.955. The van der Waals surface area contributed by atoms with Crippen LogP contribution in [0.4, 0.5) is 0 Å². The molecule has 0 aromatic rings. The molecule has 1 saturated heterocycles. The number of thioether (sulfide) groups is 1. The molecule has 96 valence electrons. The second kappa shape index (κ2) is 7.34. The second-order valence-electron chi connectivity index (χ2n) is 3.93. The fraction of sp³-hybridized carbons (Fsp3) is 0.636. The highest BCUT2D eigenvalue weighted by atomic mass is 32.2. The van der Waals surface area contributed by atoms with Gasteiger partial charge in [-0.2, -0.15) is 0 Å². The minimum atomic E-state index is -0.139. The fourth-order valence-corrected chi connectivity index (χ4v) is 2.18. The quantitative estimate of drug-likeness (QED) is 0.524. The fourth-order valence-electron chi connectivity index (χ4n) is 1.28. The zero-order valence-electron chi connectivity index (χ0n) is 10.0. The first-order chi connectivity index (χ1) is 8.09. The van der Waals surface area contributed by atoms with E-state index in [-0.39, 0.29) is 18.4 Å². The molecule has 0 atom stereocenters. The van der Waals surface area contributed by atoms with E-state index in [4.69, 9.17) is 4.74 Å². The summed E-state index contributed by atoms with van der Waals surface area (Å²) in [6.07, 6.45) is 0. The van der Waals surface area contributed by atoms with Crippen molar-refractivity contribution in [2.24, 2.45) is 0 Å². The number of carbonyl (C=O) groups excluding carboxylic acids is 2. The van der Waals surface area contributed by atoms with Crippen LogP contribution in [0.5, 0.6) is 0 Å². The Morgan fingerprint density at radius 3 is 3.00 bits per heavy atom. The lowest BCUT2D eigenvalue weighted by Gasteiger charge is -2.14. The van der Waals surface area contributed by atoms with Gasteiger partial charge in [0.2, 0.25) is 11.8 Å². The van der Waals surface area contributed by atoms with Gasteiger partial charge in [-0.25, -0.2) is 0 Å². The van der Waals surface area contributed by atoms with Gasteiger partial charge in [-0.3, -0.25) is 9.59 Å². The molecule has 5 nitrogen and oxygen atoms in total. The van der Waals surface area contributed by atoms with Crippen molar-refractivity contribution >= 4 is 23.6 Å². The molecule has 0 unspecified atom stereocenters. The number of nitrogens with one attached hydrogen (secondary N) is 1. The van der Waals surface area contributed by atoms with Gasteiger partial charge in [-0.15, -0.1) is 11.8 Å². The maximum atomic E-state index is 11.5. The van der Waals surface area contributed by atoms with Crippen LogP contribution in [0.1, 0.15) is 6.92 Å². The molecule has 6 heteroatoms. The third kappa shape index (κ3) is 5.74.